The molecule has 0 aliphatic carbocycles. The molecule has 0 saturated carbocycles. The molecule has 0 saturated heterocycles. The number of carbonyl (C=O) groups excluding carboxylic acids is 1. The molecule has 0 radical (unpaired) electrons. The number of amides is 1. The summed E-state index contributed by atoms with van der Waals surface area (Å²) in [5, 5.41) is 8.83. The largest absolute Gasteiger partial charge is 0.454 e. The van der Waals surface area contributed by atoms with Gasteiger partial charge in [-0.05, 0) is 32.0 Å². The molecule has 5 heteroatoms. The van der Waals surface area contributed by atoms with Crippen molar-refractivity contribution in [3.8, 4) is 17.6 Å². The Kier molecular flexibility index (Phi) is 3.91. The van der Waals surface area contributed by atoms with Crippen LogP contribution in [0.1, 0.15) is 24.2 Å². The SMILES string of the molecule is CCN(C[C@H](C)C#N)C(=O)c1ccc2c(c1)OCO2. The van der Waals surface area contributed by atoms with Crippen LogP contribution in [0.5, 0.6) is 11.5 Å². The molecule has 1 aromatic carbocycles. The molecule has 1 atom stereocenters. The fourth-order valence-electron chi connectivity index (χ4n) is 1.94. The lowest BCUT2D eigenvalue weighted by Crippen LogP contribution is -2.34. The number of hydrogen-bond donors (Lipinski definition) is 0. The van der Waals surface area contributed by atoms with Crippen molar-refractivity contribution in [2.75, 3.05) is 19.9 Å². The van der Waals surface area contributed by atoms with Crippen LogP contribution in [0.3, 0.4) is 0 Å². The molecule has 1 amide bonds. The van der Waals surface area contributed by atoms with Crippen LogP contribution in [-0.2, 0) is 0 Å². The van der Waals surface area contributed by atoms with Crippen LogP contribution in [-0.4, -0.2) is 30.7 Å². The maximum Gasteiger partial charge on any atom is 0.254 e. The van der Waals surface area contributed by atoms with Gasteiger partial charge in [0.25, 0.3) is 5.91 Å². The van der Waals surface area contributed by atoms with Crippen LogP contribution in [0.15, 0.2) is 18.2 Å². The Labute approximate surface area is 112 Å². The third-order valence-corrected chi connectivity index (χ3v) is 3.00. The quantitative estimate of drug-likeness (QED) is 0.831. The van der Waals surface area contributed by atoms with Crippen molar-refractivity contribution < 1.29 is 14.3 Å². The summed E-state index contributed by atoms with van der Waals surface area (Å²) in [4.78, 5) is 14.0. The zero-order valence-electron chi connectivity index (χ0n) is 11.0. The van der Waals surface area contributed by atoms with E-state index in [0.29, 0.717) is 30.2 Å². The van der Waals surface area contributed by atoms with E-state index in [0.717, 1.165) is 0 Å². The van der Waals surface area contributed by atoms with Crippen LogP contribution in [0.4, 0.5) is 0 Å². The average molecular weight is 260 g/mol. The van der Waals surface area contributed by atoms with Gasteiger partial charge >= 0.3 is 0 Å². The second kappa shape index (κ2) is 5.61. The van der Waals surface area contributed by atoms with Gasteiger partial charge in [-0.15, -0.1) is 0 Å². The Hall–Kier alpha value is -2.22. The van der Waals surface area contributed by atoms with Gasteiger partial charge in [-0.2, -0.15) is 5.26 Å². The summed E-state index contributed by atoms with van der Waals surface area (Å²) in [6.45, 7) is 4.89. The molecule has 0 fully saturated rings. The minimum Gasteiger partial charge on any atom is -0.454 e. The minimum atomic E-state index is -0.182. The summed E-state index contributed by atoms with van der Waals surface area (Å²) in [6.07, 6.45) is 0. The highest BCUT2D eigenvalue weighted by atomic mass is 16.7. The molecular formula is C14H16N2O3. The predicted molar refractivity (Wildman–Crippen MR) is 68.9 cm³/mol. The third kappa shape index (κ3) is 2.79. The second-order valence-corrected chi connectivity index (χ2v) is 4.44. The van der Waals surface area contributed by atoms with E-state index in [1.807, 2.05) is 6.92 Å². The molecular weight excluding hydrogens is 244 g/mol. The van der Waals surface area contributed by atoms with Gasteiger partial charge in [-0.25, -0.2) is 0 Å². The number of benzene rings is 1. The van der Waals surface area contributed by atoms with Gasteiger partial charge in [0.05, 0.1) is 12.0 Å². The molecule has 0 bridgehead atoms. The Bertz CT molecular complexity index is 522. The van der Waals surface area contributed by atoms with E-state index in [-0.39, 0.29) is 18.6 Å². The van der Waals surface area contributed by atoms with Crippen molar-refractivity contribution in [2.24, 2.45) is 5.92 Å². The number of hydrogen-bond acceptors (Lipinski definition) is 4. The topological polar surface area (TPSA) is 62.6 Å². The molecule has 1 aromatic rings. The van der Waals surface area contributed by atoms with Crippen LogP contribution in [0.2, 0.25) is 0 Å². The highest BCUT2D eigenvalue weighted by molar-refractivity contribution is 5.95. The average Bonchev–Trinajstić information content (AvgIpc) is 2.90. The molecule has 1 heterocycles. The monoisotopic (exact) mass is 260 g/mol. The van der Waals surface area contributed by atoms with Gasteiger partial charge in [-0.1, -0.05) is 0 Å². The lowest BCUT2D eigenvalue weighted by atomic mass is 10.1. The van der Waals surface area contributed by atoms with E-state index >= 15 is 0 Å². The number of nitrogens with zero attached hydrogens (tertiary/aromatic N) is 2. The highest BCUT2D eigenvalue weighted by Gasteiger charge is 2.20. The standard InChI is InChI=1S/C14H16N2O3/c1-3-16(8-10(2)7-15)14(17)11-4-5-12-13(6-11)19-9-18-12/h4-6,10H,3,8-9H2,1-2H3/t10-/m1/s1. The van der Waals surface area contributed by atoms with Crippen molar-refractivity contribution >= 4 is 5.91 Å². The van der Waals surface area contributed by atoms with Gasteiger partial charge in [0.15, 0.2) is 11.5 Å². The van der Waals surface area contributed by atoms with E-state index in [4.69, 9.17) is 14.7 Å². The fourth-order valence-corrected chi connectivity index (χ4v) is 1.94. The molecule has 0 N–H and O–H groups in total. The number of fused-ring (bicyclic) bond motifs is 1. The fraction of sp³-hybridized carbons (Fsp3) is 0.429. The van der Waals surface area contributed by atoms with Crippen LogP contribution in [0, 0.1) is 17.2 Å². The molecule has 1 aliphatic rings. The van der Waals surface area contributed by atoms with Crippen molar-refractivity contribution in [2.45, 2.75) is 13.8 Å². The second-order valence-electron chi connectivity index (χ2n) is 4.44. The summed E-state index contributed by atoms with van der Waals surface area (Å²) < 4.78 is 10.5. The van der Waals surface area contributed by atoms with Crippen molar-refractivity contribution in [3.05, 3.63) is 23.8 Å². The Morgan fingerprint density at radius 1 is 1.47 bits per heavy atom. The third-order valence-electron chi connectivity index (χ3n) is 3.00. The van der Waals surface area contributed by atoms with Gasteiger partial charge in [-0.3, -0.25) is 4.79 Å². The molecule has 0 unspecified atom stereocenters. The summed E-state index contributed by atoms with van der Waals surface area (Å²) in [5.74, 6) is 0.973. The van der Waals surface area contributed by atoms with E-state index in [9.17, 15) is 4.79 Å². The maximum absolute atomic E-state index is 12.3. The van der Waals surface area contributed by atoms with Gasteiger partial charge in [0.1, 0.15) is 0 Å². The van der Waals surface area contributed by atoms with E-state index in [1.54, 1.807) is 30.0 Å². The Morgan fingerprint density at radius 3 is 2.89 bits per heavy atom. The van der Waals surface area contributed by atoms with Crippen LogP contribution < -0.4 is 9.47 Å². The van der Waals surface area contributed by atoms with Gasteiger partial charge in [0.2, 0.25) is 6.79 Å². The van der Waals surface area contributed by atoms with E-state index < -0.39 is 0 Å². The smallest absolute Gasteiger partial charge is 0.254 e. The van der Waals surface area contributed by atoms with Crippen LogP contribution in [0.25, 0.3) is 0 Å². The molecule has 0 aromatic heterocycles. The molecule has 5 nitrogen and oxygen atoms in total. The van der Waals surface area contributed by atoms with Gasteiger partial charge in [0, 0.05) is 18.7 Å². The molecule has 100 valence electrons. The summed E-state index contributed by atoms with van der Waals surface area (Å²) in [7, 11) is 0. The van der Waals surface area contributed by atoms with Crippen molar-refractivity contribution in [3.63, 3.8) is 0 Å². The maximum atomic E-state index is 12.3. The first-order valence-corrected chi connectivity index (χ1v) is 6.24. The molecule has 1 aliphatic heterocycles. The number of nitriles is 1. The number of carbonyl (C=O) groups is 1. The highest BCUT2D eigenvalue weighted by Crippen LogP contribution is 2.32. The van der Waals surface area contributed by atoms with Crippen LogP contribution >= 0.6 is 0 Å². The summed E-state index contributed by atoms with van der Waals surface area (Å²) >= 11 is 0. The first-order chi connectivity index (χ1) is 9.15. The minimum absolute atomic E-state index is 0.0945. The molecule has 0 spiro atoms. The normalized spacial score (nSPS) is 13.7. The lowest BCUT2D eigenvalue weighted by molar-refractivity contribution is 0.0752. The Morgan fingerprint density at radius 2 is 2.21 bits per heavy atom. The summed E-state index contributed by atoms with van der Waals surface area (Å²) in [6, 6.07) is 7.28. The number of rotatable bonds is 4. The number of ether oxygens (including phenoxy) is 2. The lowest BCUT2D eigenvalue weighted by Gasteiger charge is -2.22. The summed E-state index contributed by atoms with van der Waals surface area (Å²) in [5.41, 5.74) is 0.552. The van der Waals surface area contributed by atoms with Crippen molar-refractivity contribution in [1.29, 1.82) is 5.26 Å². The van der Waals surface area contributed by atoms with Gasteiger partial charge < -0.3 is 14.4 Å². The van der Waals surface area contributed by atoms with E-state index in [1.165, 1.54) is 0 Å². The molecule has 2 rings (SSSR count). The zero-order chi connectivity index (χ0) is 13.8. The van der Waals surface area contributed by atoms with E-state index in [2.05, 4.69) is 6.07 Å². The van der Waals surface area contributed by atoms with Crippen molar-refractivity contribution in [1.82, 2.24) is 4.90 Å². The first-order valence-electron chi connectivity index (χ1n) is 6.24. The zero-order valence-corrected chi connectivity index (χ0v) is 11.0. The first kappa shape index (κ1) is 13.2. The molecule has 19 heavy (non-hydrogen) atoms. The predicted octanol–water partition coefficient (Wildman–Crippen LogP) is 2.04. The Balaban J connectivity index is 2.16.